The van der Waals surface area contributed by atoms with Gasteiger partial charge in [-0.25, -0.2) is 0 Å². The van der Waals surface area contributed by atoms with Crippen LogP contribution in [0.3, 0.4) is 0 Å². The van der Waals surface area contributed by atoms with Gasteiger partial charge in [0.05, 0.1) is 12.2 Å². The van der Waals surface area contributed by atoms with Crippen LogP contribution in [0, 0.1) is 5.92 Å². The van der Waals surface area contributed by atoms with E-state index in [4.69, 9.17) is 5.73 Å². The molecule has 5 nitrogen and oxygen atoms in total. The average Bonchev–Trinajstić information content (AvgIpc) is 2.69. The Kier molecular flexibility index (Phi) is 7.62. The van der Waals surface area contributed by atoms with Gasteiger partial charge in [0.25, 0.3) is 0 Å². The Bertz CT molecular complexity index is 365. The van der Waals surface area contributed by atoms with E-state index in [-0.39, 0.29) is 24.2 Å². The van der Waals surface area contributed by atoms with Gasteiger partial charge in [-0.2, -0.15) is 5.10 Å². The number of carbonyl (C=O) groups excluding carboxylic acids is 1. The number of amides is 1. The van der Waals surface area contributed by atoms with E-state index < -0.39 is 6.04 Å². The van der Waals surface area contributed by atoms with E-state index in [2.05, 4.69) is 10.4 Å². The summed E-state index contributed by atoms with van der Waals surface area (Å²) in [6.45, 7) is 4.55. The molecule has 1 heterocycles. The predicted octanol–water partition coefficient (Wildman–Crippen LogP) is 0.874. The molecule has 0 unspecified atom stereocenters. The van der Waals surface area contributed by atoms with E-state index in [9.17, 15) is 4.79 Å². The minimum atomic E-state index is -0.409. The molecule has 0 spiro atoms. The summed E-state index contributed by atoms with van der Waals surface area (Å²) in [6, 6.07) is -0.409. The highest BCUT2D eigenvalue weighted by Gasteiger charge is 2.15. The van der Waals surface area contributed by atoms with E-state index in [1.165, 1.54) is 5.56 Å². The molecule has 0 aliphatic heterocycles. The number of nitrogens with zero attached hydrogens (tertiary/aromatic N) is 2. The highest BCUT2D eigenvalue weighted by molar-refractivity contribution is 5.85. The summed E-state index contributed by atoms with van der Waals surface area (Å²) >= 11 is 0. The van der Waals surface area contributed by atoms with Gasteiger partial charge in [0.2, 0.25) is 5.91 Å². The van der Waals surface area contributed by atoms with Crippen LogP contribution in [0.4, 0.5) is 0 Å². The molecule has 0 aromatic carbocycles. The molecule has 3 N–H and O–H groups in total. The molecule has 18 heavy (non-hydrogen) atoms. The van der Waals surface area contributed by atoms with Gasteiger partial charge in [0, 0.05) is 19.8 Å². The first-order valence-corrected chi connectivity index (χ1v) is 6.01. The highest BCUT2D eigenvalue weighted by Crippen LogP contribution is 2.01. The number of nitrogens with one attached hydrogen (secondary N) is 1. The second-order valence-electron chi connectivity index (χ2n) is 4.69. The Hall–Kier alpha value is -1.07. The van der Waals surface area contributed by atoms with Crippen LogP contribution in [0.2, 0.25) is 0 Å². The van der Waals surface area contributed by atoms with Gasteiger partial charge in [0.1, 0.15) is 0 Å². The molecule has 0 aliphatic carbocycles. The second-order valence-corrected chi connectivity index (χ2v) is 4.69. The molecule has 0 bridgehead atoms. The first-order chi connectivity index (χ1) is 8.00. The van der Waals surface area contributed by atoms with Crippen LogP contribution < -0.4 is 11.1 Å². The molecule has 104 valence electrons. The third-order valence-electron chi connectivity index (χ3n) is 2.72. The molecule has 0 saturated carbocycles. The molecule has 0 saturated heterocycles. The lowest BCUT2D eigenvalue weighted by Crippen LogP contribution is -2.44. The fraction of sp³-hybridized carbons (Fsp3) is 0.667. The normalized spacial score (nSPS) is 12.1. The number of rotatable bonds is 6. The maximum atomic E-state index is 11.5. The van der Waals surface area contributed by atoms with Gasteiger partial charge < -0.3 is 11.1 Å². The molecular formula is C12H23ClN4O. The minimum absolute atomic E-state index is 0. The van der Waals surface area contributed by atoms with Gasteiger partial charge in [-0.3, -0.25) is 9.48 Å². The van der Waals surface area contributed by atoms with E-state index >= 15 is 0 Å². The van der Waals surface area contributed by atoms with Crippen molar-refractivity contribution in [2.75, 3.05) is 6.54 Å². The number of hydrogen-bond donors (Lipinski definition) is 2. The first kappa shape index (κ1) is 16.9. The number of carbonyl (C=O) groups is 1. The van der Waals surface area contributed by atoms with Crippen LogP contribution in [0.15, 0.2) is 12.4 Å². The highest BCUT2D eigenvalue weighted by atomic mass is 35.5. The van der Waals surface area contributed by atoms with Crippen LogP contribution in [-0.2, 0) is 18.3 Å². The van der Waals surface area contributed by atoms with E-state index in [1.54, 1.807) is 4.68 Å². The SMILES string of the molecule is CC(C)[C@H](N)C(=O)NCCCc1cnn(C)c1.Cl. The van der Waals surface area contributed by atoms with Crippen molar-refractivity contribution in [2.45, 2.75) is 32.7 Å². The zero-order chi connectivity index (χ0) is 12.8. The Morgan fingerprint density at radius 2 is 2.22 bits per heavy atom. The second kappa shape index (κ2) is 8.11. The van der Waals surface area contributed by atoms with Gasteiger partial charge >= 0.3 is 0 Å². The lowest BCUT2D eigenvalue weighted by molar-refractivity contribution is -0.123. The Labute approximate surface area is 115 Å². The minimum Gasteiger partial charge on any atom is -0.355 e. The fourth-order valence-corrected chi connectivity index (χ4v) is 1.53. The first-order valence-electron chi connectivity index (χ1n) is 6.01. The zero-order valence-electron chi connectivity index (χ0n) is 11.2. The van der Waals surface area contributed by atoms with Crippen molar-refractivity contribution in [3.63, 3.8) is 0 Å². The van der Waals surface area contributed by atoms with Gasteiger partial charge in [-0.05, 0) is 24.3 Å². The summed E-state index contributed by atoms with van der Waals surface area (Å²) in [6.07, 6.45) is 5.66. The monoisotopic (exact) mass is 274 g/mol. The lowest BCUT2D eigenvalue weighted by atomic mass is 10.1. The van der Waals surface area contributed by atoms with Crippen molar-refractivity contribution in [1.82, 2.24) is 15.1 Å². The van der Waals surface area contributed by atoms with Crippen molar-refractivity contribution in [1.29, 1.82) is 0 Å². The van der Waals surface area contributed by atoms with Crippen LogP contribution in [0.5, 0.6) is 0 Å². The molecule has 1 amide bonds. The fourth-order valence-electron chi connectivity index (χ4n) is 1.53. The molecule has 1 atom stereocenters. The summed E-state index contributed by atoms with van der Waals surface area (Å²) in [4.78, 5) is 11.5. The Balaban J connectivity index is 0.00000289. The van der Waals surface area contributed by atoms with E-state index in [1.807, 2.05) is 33.3 Å². The topological polar surface area (TPSA) is 72.9 Å². The number of nitrogens with two attached hydrogens (primary N) is 1. The van der Waals surface area contributed by atoms with Crippen LogP contribution in [0.25, 0.3) is 0 Å². The Morgan fingerprint density at radius 1 is 1.56 bits per heavy atom. The lowest BCUT2D eigenvalue weighted by Gasteiger charge is -2.14. The van der Waals surface area contributed by atoms with Crippen LogP contribution in [-0.4, -0.2) is 28.3 Å². The summed E-state index contributed by atoms with van der Waals surface area (Å²) < 4.78 is 1.78. The van der Waals surface area contributed by atoms with Gasteiger partial charge in [0.15, 0.2) is 0 Å². The van der Waals surface area contributed by atoms with Crippen molar-refractivity contribution < 1.29 is 4.79 Å². The summed E-state index contributed by atoms with van der Waals surface area (Å²) in [7, 11) is 1.90. The maximum Gasteiger partial charge on any atom is 0.237 e. The molecule has 0 fully saturated rings. The third kappa shape index (κ3) is 5.51. The van der Waals surface area contributed by atoms with E-state index in [0.29, 0.717) is 6.54 Å². The van der Waals surface area contributed by atoms with E-state index in [0.717, 1.165) is 12.8 Å². The number of aryl methyl sites for hydroxylation is 2. The molecule has 1 aromatic rings. The molecule has 0 radical (unpaired) electrons. The number of aromatic nitrogens is 2. The summed E-state index contributed by atoms with van der Waals surface area (Å²) in [5.74, 6) is 0.111. The number of halogens is 1. The largest absolute Gasteiger partial charge is 0.355 e. The van der Waals surface area contributed by atoms with Crippen molar-refractivity contribution in [3.05, 3.63) is 18.0 Å². The summed E-state index contributed by atoms with van der Waals surface area (Å²) in [5.41, 5.74) is 6.92. The standard InChI is InChI=1S/C12H22N4O.ClH/c1-9(2)11(13)12(17)14-6-4-5-10-7-15-16(3)8-10;/h7-9,11H,4-6,13H2,1-3H3,(H,14,17);1H/t11-;/m0./s1. The van der Waals surface area contributed by atoms with Crippen molar-refractivity contribution in [3.8, 4) is 0 Å². The van der Waals surface area contributed by atoms with Gasteiger partial charge in [-0.1, -0.05) is 13.8 Å². The smallest absolute Gasteiger partial charge is 0.237 e. The quantitative estimate of drug-likeness (QED) is 0.756. The molecule has 1 aromatic heterocycles. The van der Waals surface area contributed by atoms with Crippen LogP contribution >= 0.6 is 12.4 Å². The average molecular weight is 275 g/mol. The number of hydrogen-bond acceptors (Lipinski definition) is 3. The molecule has 6 heteroatoms. The van der Waals surface area contributed by atoms with Crippen molar-refractivity contribution >= 4 is 18.3 Å². The predicted molar refractivity (Wildman–Crippen MR) is 74.6 cm³/mol. The molecule has 1 rings (SSSR count). The van der Waals surface area contributed by atoms with Gasteiger partial charge in [-0.15, -0.1) is 12.4 Å². The van der Waals surface area contributed by atoms with Crippen molar-refractivity contribution in [2.24, 2.45) is 18.7 Å². The third-order valence-corrected chi connectivity index (χ3v) is 2.72. The Morgan fingerprint density at radius 3 is 2.72 bits per heavy atom. The zero-order valence-corrected chi connectivity index (χ0v) is 12.0. The maximum absolute atomic E-state index is 11.5. The molecular weight excluding hydrogens is 252 g/mol. The molecule has 0 aliphatic rings. The van der Waals surface area contributed by atoms with Crippen LogP contribution in [0.1, 0.15) is 25.8 Å². The summed E-state index contributed by atoms with van der Waals surface area (Å²) in [5, 5.41) is 6.94.